The van der Waals surface area contributed by atoms with Crippen LogP contribution < -0.4 is 5.32 Å². The van der Waals surface area contributed by atoms with Gasteiger partial charge in [0.1, 0.15) is 5.52 Å². The lowest BCUT2D eigenvalue weighted by Crippen LogP contribution is -2.08. The summed E-state index contributed by atoms with van der Waals surface area (Å²) in [5.74, 6) is -0.270. The quantitative estimate of drug-likeness (QED) is 0.196. The molecule has 0 spiro atoms. The second-order valence-electron chi connectivity index (χ2n) is 9.43. The fraction of sp³-hybridized carbons (Fsp3) is 0.188. The predicted molar refractivity (Wildman–Crippen MR) is 150 cm³/mol. The molecule has 5 rings (SSSR count). The summed E-state index contributed by atoms with van der Waals surface area (Å²) in [4.78, 5) is 11.9. The fourth-order valence-electron chi connectivity index (χ4n) is 4.76. The normalized spacial score (nSPS) is 11.5. The van der Waals surface area contributed by atoms with Crippen molar-refractivity contribution in [3.8, 4) is 11.3 Å². The highest BCUT2D eigenvalue weighted by Gasteiger charge is 2.34. The Bertz CT molecular complexity index is 1630. The van der Waals surface area contributed by atoms with Crippen molar-refractivity contribution in [2.45, 2.75) is 32.6 Å². The highest BCUT2D eigenvalue weighted by molar-refractivity contribution is 5.95. The summed E-state index contributed by atoms with van der Waals surface area (Å²) in [5, 5.41) is 8.29. The van der Waals surface area contributed by atoms with Crippen LogP contribution in [0.1, 0.15) is 29.2 Å². The molecule has 0 saturated heterocycles. The van der Waals surface area contributed by atoms with Gasteiger partial charge >= 0.3 is 12.1 Å². The number of carbonyl (C=O) groups excluding carboxylic acids is 1. The van der Waals surface area contributed by atoms with E-state index in [1.54, 1.807) is 17.7 Å². The Hall–Kier alpha value is -4.59. The maximum Gasteiger partial charge on any atom is 0.418 e. The average Bonchev–Trinajstić information content (AvgIpc) is 3.30. The van der Waals surface area contributed by atoms with Crippen molar-refractivity contribution < 1.29 is 22.7 Å². The number of nitrogens with zero attached hydrogens (tertiary/aromatic N) is 2. The van der Waals surface area contributed by atoms with E-state index in [4.69, 9.17) is 4.74 Å². The number of rotatable bonds is 9. The van der Waals surface area contributed by atoms with E-state index in [1.807, 2.05) is 78.9 Å². The second-order valence-corrected chi connectivity index (χ2v) is 9.43. The predicted octanol–water partition coefficient (Wildman–Crippen LogP) is 7.49. The van der Waals surface area contributed by atoms with Gasteiger partial charge in [-0.1, -0.05) is 78.9 Å². The molecule has 40 heavy (non-hydrogen) atoms. The number of hydrogen-bond donors (Lipinski definition) is 1. The van der Waals surface area contributed by atoms with Gasteiger partial charge in [-0.05, 0) is 41.8 Å². The van der Waals surface area contributed by atoms with Gasteiger partial charge in [0.05, 0.1) is 30.8 Å². The number of carbonyl (C=O) groups is 1. The van der Waals surface area contributed by atoms with E-state index in [9.17, 15) is 18.0 Å². The molecule has 0 fully saturated rings. The molecule has 0 unspecified atom stereocenters. The van der Waals surface area contributed by atoms with Crippen molar-refractivity contribution in [1.29, 1.82) is 0 Å². The third-order valence-corrected chi connectivity index (χ3v) is 6.53. The standard InChI is InChI=1S/C32H28F3N3O2/c1-2-40-29(39)18-23-11-6-12-24(17-23)20-36-26-14-7-13-25(19-26)31-27-15-8-16-28(32(33,34)35)30(27)37-38(31)21-22-9-4-3-5-10-22/h3-17,19,36H,2,18,20-21H2,1H3. The van der Waals surface area contributed by atoms with E-state index in [1.165, 1.54) is 6.07 Å². The summed E-state index contributed by atoms with van der Waals surface area (Å²) in [5.41, 5.74) is 4.13. The van der Waals surface area contributed by atoms with Crippen LogP contribution in [0.15, 0.2) is 97.1 Å². The number of hydrogen-bond acceptors (Lipinski definition) is 4. The van der Waals surface area contributed by atoms with E-state index in [-0.39, 0.29) is 17.9 Å². The Balaban J connectivity index is 1.47. The van der Waals surface area contributed by atoms with Crippen molar-refractivity contribution in [2.24, 2.45) is 0 Å². The van der Waals surface area contributed by atoms with Crippen molar-refractivity contribution >= 4 is 22.6 Å². The van der Waals surface area contributed by atoms with Gasteiger partial charge in [0.25, 0.3) is 0 Å². The molecule has 1 N–H and O–H groups in total. The van der Waals surface area contributed by atoms with E-state index >= 15 is 0 Å². The van der Waals surface area contributed by atoms with Crippen LogP contribution in [-0.4, -0.2) is 22.4 Å². The summed E-state index contributed by atoms with van der Waals surface area (Å²) in [6.07, 6.45) is -4.32. The van der Waals surface area contributed by atoms with Gasteiger partial charge in [0.15, 0.2) is 0 Å². The minimum Gasteiger partial charge on any atom is -0.466 e. The minimum absolute atomic E-state index is 0.0716. The molecule has 0 amide bonds. The van der Waals surface area contributed by atoms with Crippen molar-refractivity contribution in [1.82, 2.24) is 9.78 Å². The average molecular weight is 544 g/mol. The first-order valence-electron chi connectivity index (χ1n) is 13.0. The number of benzene rings is 4. The Morgan fingerprint density at radius 2 is 1.60 bits per heavy atom. The SMILES string of the molecule is CCOC(=O)Cc1cccc(CNc2cccc(-c3c4cccc(C(F)(F)F)c4nn3Cc3ccccc3)c2)c1. The Kier molecular flexibility index (Phi) is 7.86. The molecule has 204 valence electrons. The smallest absolute Gasteiger partial charge is 0.418 e. The lowest BCUT2D eigenvalue weighted by Gasteiger charge is -2.12. The second kappa shape index (κ2) is 11.7. The molecular formula is C32H28F3N3O2. The molecule has 1 heterocycles. The van der Waals surface area contributed by atoms with E-state index in [2.05, 4.69) is 10.4 Å². The van der Waals surface area contributed by atoms with Gasteiger partial charge in [-0.3, -0.25) is 9.48 Å². The number of anilines is 1. The van der Waals surface area contributed by atoms with Crippen molar-refractivity contribution in [3.05, 3.63) is 119 Å². The number of aromatic nitrogens is 2. The first-order valence-corrected chi connectivity index (χ1v) is 13.0. The summed E-state index contributed by atoms with van der Waals surface area (Å²) in [7, 11) is 0. The molecule has 1 aromatic heterocycles. The summed E-state index contributed by atoms with van der Waals surface area (Å²) in [6, 6.07) is 29.0. The number of esters is 1. The third-order valence-electron chi connectivity index (χ3n) is 6.53. The topological polar surface area (TPSA) is 56.1 Å². The molecule has 0 bridgehead atoms. The molecule has 0 aliphatic carbocycles. The van der Waals surface area contributed by atoms with E-state index in [0.717, 1.165) is 34.0 Å². The van der Waals surface area contributed by atoms with Gasteiger partial charge in [-0.15, -0.1) is 0 Å². The number of ether oxygens (including phenoxy) is 1. The molecule has 0 aliphatic heterocycles. The molecule has 5 nitrogen and oxygen atoms in total. The monoisotopic (exact) mass is 543 g/mol. The van der Waals surface area contributed by atoms with Crippen LogP contribution in [0.5, 0.6) is 0 Å². The number of nitrogens with one attached hydrogen (secondary N) is 1. The molecule has 0 radical (unpaired) electrons. The van der Waals surface area contributed by atoms with Gasteiger partial charge in [0.2, 0.25) is 0 Å². The molecule has 0 aliphatic rings. The van der Waals surface area contributed by atoms with Gasteiger partial charge in [-0.2, -0.15) is 18.3 Å². The zero-order valence-electron chi connectivity index (χ0n) is 21.9. The first kappa shape index (κ1) is 27.0. The Morgan fingerprint density at radius 1 is 0.875 bits per heavy atom. The summed E-state index contributed by atoms with van der Waals surface area (Å²) < 4.78 is 48.3. The number of fused-ring (bicyclic) bond motifs is 1. The van der Waals surface area contributed by atoms with Crippen LogP contribution in [0.4, 0.5) is 18.9 Å². The van der Waals surface area contributed by atoms with Crippen LogP contribution in [0.2, 0.25) is 0 Å². The van der Waals surface area contributed by atoms with Crippen molar-refractivity contribution in [2.75, 3.05) is 11.9 Å². The van der Waals surface area contributed by atoms with Crippen LogP contribution in [-0.2, 0) is 35.2 Å². The largest absolute Gasteiger partial charge is 0.466 e. The molecular weight excluding hydrogens is 515 g/mol. The third kappa shape index (κ3) is 6.17. The molecule has 8 heteroatoms. The first-order chi connectivity index (χ1) is 19.3. The molecule has 4 aromatic carbocycles. The van der Waals surface area contributed by atoms with Gasteiger partial charge < -0.3 is 10.1 Å². The summed E-state index contributed by atoms with van der Waals surface area (Å²) >= 11 is 0. The maximum absolute atomic E-state index is 13.9. The zero-order valence-corrected chi connectivity index (χ0v) is 21.9. The highest BCUT2D eigenvalue weighted by atomic mass is 19.4. The Morgan fingerprint density at radius 3 is 2.38 bits per heavy atom. The number of halogens is 3. The minimum atomic E-state index is -4.52. The highest BCUT2D eigenvalue weighted by Crippen LogP contribution is 2.38. The maximum atomic E-state index is 13.9. The summed E-state index contributed by atoms with van der Waals surface area (Å²) in [6.45, 7) is 2.95. The molecule has 0 saturated carbocycles. The number of alkyl halides is 3. The lowest BCUT2D eigenvalue weighted by molar-refractivity contribution is -0.142. The van der Waals surface area contributed by atoms with E-state index < -0.39 is 11.7 Å². The fourth-order valence-corrected chi connectivity index (χ4v) is 4.76. The van der Waals surface area contributed by atoms with Crippen LogP contribution in [0, 0.1) is 0 Å². The molecule has 5 aromatic rings. The molecule has 0 atom stereocenters. The van der Waals surface area contributed by atoms with Gasteiger partial charge in [0, 0.05) is 23.2 Å². The Labute approximate surface area is 230 Å². The van der Waals surface area contributed by atoms with Crippen LogP contribution in [0.3, 0.4) is 0 Å². The lowest BCUT2D eigenvalue weighted by atomic mass is 10.0. The van der Waals surface area contributed by atoms with Crippen LogP contribution >= 0.6 is 0 Å². The van der Waals surface area contributed by atoms with Crippen LogP contribution in [0.25, 0.3) is 22.2 Å². The van der Waals surface area contributed by atoms with Gasteiger partial charge in [-0.25, -0.2) is 0 Å². The van der Waals surface area contributed by atoms with E-state index in [0.29, 0.717) is 30.8 Å². The van der Waals surface area contributed by atoms with Crippen molar-refractivity contribution in [3.63, 3.8) is 0 Å². The zero-order chi connectivity index (χ0) is 28.1.